The van der Waals surface area contributed by atoms with Crippen LogP contribution in [0.5, 0.6) is 0 Å². The van der Waals surface area contributed by atoms with Crippen molar-refractivity contribution in [3.63, 3.8) is 0 Å². The van der Waals surface area contributed by atoms with Gasteiger partial charge in [-0.3, -0.25) is 0 Å². The van der Waals surface area contributed by atoms with E-state index in [0.717, 1.165) is 25.6 Å². The fraction of sp³-hybridized carbons (Fsp3) is 0.538. The summed E-state index contributed by atoms with van der Waals surface area (Å²) >= 11 is 0. The van der Waals surface area contributed by atoms with Crippen molar-refractivity contribution >= 4 is 11.3 Å². The molecule has 1 aliphatic heterocycles. The van der Waals surface area contributed by atoms with Gasteiger partial charge in [-0.15, -0.1) is 0 Å². The third kappa shape index (κ3) is 2.55. The Bertz CT molecular complexity index is 630. The summed E-state index contributed by atoms with van der Waals surface area (Å²) in [6.45, 7) is 4.39. The van der Waals surface area contributed by atoms with Crippen LogP contribution in [0.15, 0.2) is 18.5 Å². The van der Waals surface area contributed by atoms with E-state index in [1.807, 2.05) is 11.8 Å². The highest BCUT2D eigenvalue weighted by Crippen LogP contribution is 2.31. The van der Waals surface area contributed by atoms with Crippen LogP contribution in [0.1, 0.15) is 19.0 Å². The predicted octanol–water partition coefficient (Wildman–Crippen LogP) is 1.94. The van der Waals surface area contributed by atoms with Crippen LogP contribution in [0, 0.1) is 0 Å². The van der Waals surface area contributed by atoms with Crippen LogP contribution < -0.4 is 10.2 Å². The highest BCUT2D eigenvalue weighted by atomic mass is 19.4. The molecule has 0 saturated carbocycles. The number of anilines is 1. The van der Waals surface area contributed by atoms with Gasteiger partial charge in [0.1, 0.15) is 5.52 Å². The first-order chi connectivity index (χ1) is 10.0. The number of rotatable bonds is 3. The molecule has 1 atom stereocenters. The van der Waals surface area contributed by atoms with Gasteiger partial charge in [0, 0.05) is 37.6 Å². The van der Waals surface area contributed by atoms with Gasteiger partial charge >= 0.3 is 6.18 Å². The zero-order chi connectivity index (χ0) is 15.0. The number of hydrogen-bond donors (Lipinski definition) is 1. The first kappa shape index (κ1) is 14.1. The number of halogens is 3. The monoisotopic (exact) mass is 299 g/mol. The topological polar surface area (TPSA) is 45.5 Å². The van der Waals surface area contributed by atoms with Gasteiger partial charge in [0.15, 0.2) is 11.5 Å². The number of alkyl halides is 3. The SMILES string of the molecule is CCN(c1nccn2nc(C(F)(F)F)cc12)C1CCNC1. The zero-order valence-corrected chi connectivity index (χ0v) is 11.6. The molecule has 1 unspecified atom stereocenters. The molecule has 0 radical (unpaired) electrons. The van der Waals surface area contributed by atoms with Crippen molar-refractivity contribution in [2.45, 2.75) is 25.6 Å². The van der Waals surface area contributed by atoms with Crippen LogP contribution in [0.2, 0.25) is 0 Å². The molecule has 1 fully saturated rings. The first-order valence-corrected chi connectivity index (χ1v) is 6.89. The van der Waals surface area contributed by atoms with Gasteiger partial charge in [-0.25, -0.2) is 9.50 Å². The van der Waals surface area contributed by atoms with Crippen LogP contribution >= 0.6 is 0 Å². The second-order valence-corrected chi connectivity index (χ2v) is 5.04. The first-order valence-electron chi connectivity index (χ1n) is 6.89. The molecule has 3 heterocycles. The molecule has 1 saturated heterocycles. The summed E-state index contributed by atoms with van der Waals surface area (Å²) < 4.78 is 39.7. The molecule has 0 spiro atoms. The minimum absolute atomic E-state index is 0.248. The Morgan fingerprint density at radius 2 is 2.29 bits per heavy atom. The highest BCUT2D eigenvalue weighted by molar-refractivity contribution is 5.69. The van der Waals surface area contributed by atoms with Crippen LogP contribution in [-0.4, -0.2) is 40.3 Å². The molecule has 1 N–H and O–H groups in total. The fourth-order valence-electron chi connectivity index (χ4n) is 2.75. The zero-order valence-electron chi connectivity index (χ0n) is 11.6. The molecule has 5 nitrogen and oxygen atoms in total. The summed E-state index contributed by atoms with van der Waals surface area (Å²) in [5.41, 5.74) is -0.504. The standard InChI is InChI=1S/C13H16F3N5/c1-2-20(9-3-4-17-8-9)12-10-7-11(13(14,15)16)19-21(10)6-5-18-12/h5-7,9,17H,2-4,8H2,1H3. The molecular weight excluding hydrogens is 283 g/mol. The lowest BCUT2D eigenvalue weighted by Crippen LogP contribution is -2.37. The number of likely N-dealkylation sites (N-methyl/N-ethyl adjacent to an activating group) is 1. The second-order valence-electron chi connectivity index (χ2n) is 5.04. The molecule has 21 heavy (non-hydrogen) atoms. The third-order valence-corrected chi connectivity index (χ3v) is 3.75. The molecule has 114 valence electrons. The van der Waals surface area contributed by atoms with Gasteiger partial charge in [-0.05, 0) is 19.9 Å². The normalized spacial score (nSPS) is 19.3. The van der Waals surface area contributed by atoms with Gasteiger partial charge in [0.25, 0.3) is 0 Å². The number of fused-ring (bicyclic) bond motifs is 1. The van der Waals surface area contributed by atoms with Crippen LogP contribution in [0.3, 0.4) is 0 Å². The van der Waals surface area contributed by atoms with Crippen LogP contribution in [0.25, 0.3) is 5.52 Å². The van der Waals surface area contributed by atoms with Crippen LogP contribution in [0.4, 0.5) is 19.0 Å². The Kier molecular flexibility index (Phi) is 3.48. The average molecular weight is 299 g/mol. The minimum Gasteiger partial charge on any atom is -0.351 e. The van der Waals surface area contributed by atoms with Crippen molar-refractivity contribution in [1.29, 1.82) is 0 Å². The van der Waals surface area contributed by atoms with Crippen molar-refractivity contribution in [3.8, 4) is 0 Å². The van der Waals surface area contributed by atoms with Crippen molar-refractivity contribution in [1.82, 2.24) is 19.9 Å². The highest BCUT2D eigenvalue weighted by Gasteiger charge is 2.35. The molecule has 3 rings (SSSR count). The third-order valence-electron chi connectivity index (χ3n) is 3.75. The van der Waals surface area contributed by atoms with Crippen molar-refractivity contribution in [2.75, 3.05) is 24.5 Å². The molecular formula is C13H16F3N5. The predicted molar refractivity (Wildman–Crippen MR) is 72.3 cm³/mol. The lowest BCUT2D eigenvalue weighted by Gasteiger charge is -2.28. The summed E-state index contributed by atoms with van der Waals surface area (Å²) in [5.74, 6) is 0.553. The van der Waals surface area contributed by atoms with Crippen molar-refractivity contribution in [2.24, 2.45) is 0 Å². The van der Waals surface area contributed by atoms with Gasteiger partial charge in [-0.2, -0.15) is 18.3 Å². The second kappa shape index (κ2) is 5.18. The van der Waals surface area contributed by atoms with E-state index in [9.17, 15) is 13.2 Å². The summed E-state index contributed by atoms with van der Waals surface area (Å²) in [4.78, 5) is 6.33. The molecule has 0 aromatic carbocycles. The molecule has 0 bridgehead atoms. The molecule has 0 amide bonds. The van der Waals surface area contributed by atoms with Crippen LogP contribution in [-0.2, 0) is 6.18 Å². The molecule has 8 heteroatoms. The fourth-order valence-corrected chi connectivity index (χ4v) is 2.75. The average Bonchev–Trinajstić information content (AvgIpc) is 3.07. The number of hydrogen-bond acceptors (Lipinski definition) is 4. The molecule has 2 aromatic rings. The lowest BCUT2D eigenvalue weighted by atomic mass is 10.2. The largest absolute Gasteiger partial charge is 0.435 e. The Labute approximate surface area is 119 Å². The number of nitrogens with zero attached hydrogens (tertiary/aromatic N) is 4. The summed E-state index contributed by atoms with van der Waals surface area (Å²) in [5, 5.41) is 6.86. The van der Waals surface area contributed by atoms with E-state index < -0.39 is 11.9 Å². The maximum atomic E-state index is 12.8. The van der Waals surface area contributed by atoms with E-state index in [-0.39, 0.29) is 6.04 Å². The van der Waals surface area contributed by atoms with E-state index in [1.54, 1.807) is 0 Å². The maximum Gasteiger partial charge on any atom is 0.435 e. The van der Waals surface area contributed by atoms with E-state index in [2.05, 4.69) is 15.4 Å². The summed E-state index contributed by atoms with van der Waals surface area (Å²) in [6, 6.07) is 1.31. The Balaban J connectivity index is 2.06. The van der Waals surface area contributed by atoms with E-state index in [4.69, 9.17) is 0 Å². The molecule has 0 aliphatic carbocycles. The van der Waals surface area contributed by atoms with Crippen molar-refractivity contribution < 1.29 is 13.2 Å². The quantitative estimate of drug-likeness (QED) is 0.941. The van der Waals surface area contributed by atoms with Gasteiger partial charge in [-0.1, -0.05) is 0 Å². The summed E-state index contributed by atoms with van der Waals surface area (Å²) in [6.07, 6.45) is -0.568. The summed E-state index contributed by atoms with van der Waals surface area (Å²) in [7, 11) is 0. The molecule has 2 aromatic heterocycles. The van der Waals surface area contributed by atoms with E-state index in [0.29, 0.717) is 17.9 Å². The number of nitrogens with one attached hydrogen (secondary N) is 1. The van der Waals surface area contributed by atoms with Gasteiger partial charge < -0.3 is 10.2 Å². The lowest BCUT2D eigenvalue weighted by molar-refractivity contribution is -0.141. The van der Waals surface area contributed by atoms with Gasteiger partial charge in [0.2, 0.25) is 0 Å². The van der Waals surface area contributed by atoms with Gasteiger partial charge in [0.05, 0.1) is 0 Å². The Morgan fingerprint density at radius 3 is 2.90 bits per heavy atom. The molecule has 1 aliphatic rings. The maximum absolute atomic E-state index is 12.8. The van der Waals surface area contributed by atoms with Crippen molar-refractivity contribution in [3.05, 3.63) is 24.2 Å². The smallest absolute Gasteiger partial charge is 0.351 e. The van der Waals surface area contributed by atoms with E-state index >= 15 is 0 Å². The minimum atomic E-state index is -4.45. The Hall–Kier alpha value is -1.83. The number of aromatic nitrogens is 3. The Morgan fingerprint density at radius 1 is 1.48 bits per heavy atom. The van der Waals surface area contributed by atoms with E-state index in [1.165, 1.54) is 16.9 Å².